The standard InChI is InChI=1S/C10H10ClN3S/c11-8-2-1-3-9-12-13-10(14(8)9)7-4-5-15-6-7/h1-3,7H,4-6H2. The van der Waals surface area contributed by atoms with Crippen molar-refractivity contribution < 1.29 is 0 Å². The van der Waals surface area contributed by atoms with Crippen LogP contribution in [0, 0.1) is 0 Å². The molecule has 78 valence electrons. The Morgan fingerprint density at radius 3 is 3.13 bits per heavy atom. The van der Waals surface area contributed by atoms with E-state index in [1.54, 1.807) is 0 Å². The van der Waals surface area contributed by atoms with Crippen molar-refractivity contribution in [1.29, 1.82) is 0 Å². The van der Waals surface area contributed by atoms with Gasteiger partial charge in [-0.25, -0.2) is 0 Å². The molecule has 0 aromatic carbocycles. The highest BCUT2D eigenvalue weighted by Crippen LogP contribution is 2.32. The van der Waals surface area contributed by atoms with Crippen LogP contribution < -0.4 is 0 Å². The number of pyridine rings is 1. The van der Waals surface area contributed by atoms with Crippen LogP contribution in [0.1, 0.15) is 18.2 Å². The number of hydrogen-bond donors (Lipinski definition) is 0. The van der Waals surface area contributed by atoms with Gasteiger partial charge in [0.25, 0.3) is 0 Å². The molecule has 3 rings (SSSR count). The number of thioether (sulfide) groups is 1. The fraction of sp³-hybridized carbons (Fsp3) is 0.400. The van der Waals surface area contributed by atoms with Crippen molar-refractivity contribution in [3.63, 3.8) is 0 Å². The lowest BCUT2D eigenvalue weighted by Crippen LogP contribution is -2.03. The number of nitrogens with zero attached hydrogens (tertiary/aromatic N) is 3. The molecule has 1 saturated heterocycles. The predicted octanol–water partition coefficient (Wildman–Crippen LogP) is 2.60. The third-order valence-corrected chi connectivity index (χ3v) is 4.16. The second-order valence-electron chi connectivity index (χ2n) is 3.66. The molecule has 0 amide bonds. The molecule has 2 aromatic rings. The smallest absolute Gasteiger partial charge is 0.161 e. The fourth-order valence-electron chi connectivity index (χ4n) is 1.93. The molecule has 3 nitrogen and oxygen atoms in total. The van der Waals surface area contributed by atoms with Crippen LogP contribution >= 0.6 is 23.4 Å². The fourth-order valence-corrected chi connectivity index (χ4v) is 3.39. The highest BCUT2D eigenvalue weighted by atomic mass is 35.5. The predicted molar refractivity (Wildman–Crippen MR) is 62.7 cm³/mol. The molecule has 0 bridgehead atoms. The van der Waals surface area contributed by atoms with Gasteiger partial charge in [0, 0.05) is 11.7 Å². The lowest BCUT2D eigenvalue weighted by Gasteiger charge is -2.06. The largest absolute Gasteiger partial charge is 0.269 e. The highest BCUT2D eigenvalue weighted by molar-refractivity contribution is 7.99. The average molecular weight is 240 g/mol. The van der Waals surface area contributed by atoms with Crippen LogP contribution in [0.5, 0.6) is 0 Å². The first kappa shape index (κ1) is 9.48. The van der Waals surface area contributed by atoms with Crippen molar-refractivity contribution in [2.75, 3.05) is 11.5 Å². The zero-order chi connectivity index (χ0) is 10.3. The second kappa shape index (κ2) is 3.68. The Bertz CT molecular complexity index is 490. The third-order valence-electron chi connectivity index (χ3n) is 2.70. The Labute approximate surface area is 96.8 Å². The molecule has 1 aliphatic heterocycles. The summed E-state index contributed by atoms with van der Waals surface area (Å²) in [7, 11) is 0. The molecular formula is C10H10ClN3S. The summed E-state index contributed by atoms with van der Waals surface area (Å²) in [6.07, 6.45) is 1.18. The summed E-state index contributed by atoms with van der Waals surface area (Å²) < 4.78 is 1.96. The minimum absolute atomic E-state index is 0.505. The Morgan fingerprint density at radius 2 is 2.33 bits per heavy atom. The quantitative estimate of drug-likeness (QED) is 0.717. The number of halogens is 1. The van der Waals surface area contributed by atoms with E-state index < -0.39 is 0 Å². The van der Waals surface area contributed by atoms with Crippen molar-refractivity contribution in [3.8, 4) is 0 Å². The maximum absolute atomic E-state index is 6.16. The van der Waals surface area contributed by atoms with Crippen LogP contribution in [0.15, 0.2) is 18.2 Å². The van der Waals surface area contributed by atoms with E-state index in [0.717, 1.165) is 17.2 Å². The lowest BCUT2D eigenvalue weighted by molar-refractivity contribution is 0.706. The zero-order valence-electron chi connectivity index (χ0n) is 8.06. The van der Waals surface area contributed by atoms with Crippen molar-refractivity contribution in [3.05, 3.63) is 29.2 Å². The van der Waals surface area contributed by atoms with Crippen LogP contribution in [0.2, 0.25) is 5.15 Å². The van der Waals surface area contributed by atoms with E-state index >= 15 is 0 Å². The maximum Gasteiger partial charge on any atom is 0.161 e. The number of rotatable bonds is 1. The molecule has 0 saturated carbocycles. The molecule has 1 fully saturated rings. The van der Waals surface area contributed by atoms with Crippen LogP contribution in [0.25, 0.3) is 5.65 Å². The van der Waals surface area contributed by atoms with E-state index in [4.69, 9.17) is 11.6 Å². The molecule has 0 N–H and O–H groups in total. The van der Waals surface area contributed by atoms with Crippen LogP contribution in [-0.2, 0) is 0 Å². The van der Waals surface area contributed by atoms with Gasteiger partial charge in [-0.15, -0.1) is 10.2 Å². The van der Waals surface area contributed by atoms with Gasteiger partial charge >= 0.3 is 0 Å². The monoisotopic (exact) mass is 239 g/mol. The summed E-state index contributed by atoms with van der Waals surface area (Å²) in [5.74, 6) is 3.86. The van der Waals surface area contributed by atoms with Gasteiger partial charge in [0.1, 0.15) is 11.0 Å². The summed E-state index contributed by atoms with van der Waals surface area (Å²) in [5, 5.41) is 9.10. The minimum Gasteiger partial charge on any atom is -0.269 e. The van der Waals surface area contributed by atoms with Crippen LogP contribution in [-0.4, -0.2) is 26.1 Å². The second-order valence-corrected chi connectivity index (χ2v) is 5.20. The third kappa shape index (κ3) is 1.52. The highest BCUT2D eigenvalue weighted by Gasteiger charge is 2.23. The summed E-state index contributed by atoms with van der Waals surface area (Å²) in [6, 6.07) is 5.72. The number of fused-ring (bicyclic) bond motifs is 1. The molecule has 15 heavy (non-hydrogen) atoms. The molecular weight excluding hydrogens is 230 g/mol. The Balaban J connectivity index is 2.18. The minimum atomic E-state index is 0.505. The summed E-state index contributed by atoms with van der Waals surface area (Å²) in [6.45, 7) is 0. The van der Waals surface area contributed by atoms with Crippen LogP contribution in [0.3, 0.4) is 0 Å². The molecule has 3 heterocycles. The van der Waals surface area contributed by atoms with E-state index in [9.17, 15) is 0 Å². The lowest BCUT2D eigenvalue weighted by atomic mass is 10.1. The Hall–Kier alpha value is -0.740. The number of aromatic nitrogens is 3. The van der Waals surface area contributed by atoms with Gasteiger partial charge in [-0.1, -0.05) is 17.7 Å². The van der Waals surface area contributed by atoms with Gasteiger partial charge in [0.05, 0.1) is 0 Å². The summed E-state index contributed by atoms with van der Waals surface area (Å²) in [5.41, 5.74) is 0.842. The SMILES string of the molecule is Clc1cccc2nnc(C3CCSC3)n12. The van der Waals surface area contributed by atoms with Gasteiger partial charge in [0.2, 0.25) is 0 Å². The molecule has 1 aliphatic rings. The average Bonchev–Trinajstić information content (AvgIpc) is 2.85. The Kier molecular flexibility index (Phi) is 2.33. The van der Waals surface area contributed by atoms with Gasteiger partial charge in [-0.2, -0.15) is 11.8 Å². The molecule has 1 atom stereocenters. The van der Waals surface area contributed by atoms with Crippen molar-refractivity contribution in [2.45, 2.75) is 12.3 Å². The molecule has 1 unspecified atom stereocenters. The molecule has 5 heteroatoms. The summed E-state index contributed by atoms with van der Waals surface area (Å²) >= 11 is 8.13. The first-order valence-electron chi connectivity index (χ1n) is 4.93. The van der Waals surface area contributed by atoms with Crippen molar-refractivity contribution in [2.24, 2.45) is 0 Å². The zero-order valence-corrected chi connectivity index (χ0v) is 9.63. The van der Waals surface area contributed by atoms with E-state index in [2.05, 4.69) is 10.2 Å². The molecule has 2 aromatic heterocycles. The van der Waals surface area contributed by atoms with Crippen molar-refractivity contribution >= 4 is 29.0 Å². The van der Waals surface area contributed by atoms with Gasteiger partial charge in [0.15, 0.2) is 5.65 Å². The van der Waals surface area contributed by atoms with Crippen molar-refractivity contribution in [1.82, 2.24) is 14.6 Å². The molecule has 0 radical (unpaired) electrons. The first-order chi connectivity index (χ1) is 7.36. The Morgan fingerprint density at radius 1 is 1.40 bits per heavy atom. The van der Waals surface area contributed by atoms with Gasteiger partial charge in [-0.3, -0.25) is 4.40 Å². The normalized spacial score (nSPS) is 21.3. The van der Waals surface area contributed by atoms with Gasteiger partial charge in [-0.05, 0) is 24.3 Å². The molecule has 0 aliphatic carbocycles. The van der Waals surface area contributed by atoms with E-state index in [1.807, 2.05) is 34.4 Å². The van der Waals surface area contributed by atoms with E-state index in [0.29, 0.717) is 11.1 Å². The van der Waals surface area contributed by atoms with Gasteiger partial charge < -0.3 is 0 Å². The topological polar surface area (TPSA) is 30.2 Å². The van der Waals surface area contributed by atoms with E-state index in [-0.39, 0.29) is 0 Å². The summed E-state index contributed by atoms with van der Waals surface area (Å²) in [4.78, 5) is 0. The number of hydrogen-bond acceptors (Lipinski definition) is 3. The first-order valence-corrected chi connectivity index (χ1v) is 6.47. The maximum atomic E-state index is 6.16. The van der Waals surface area contributed by atoms with Crippen LogP contribution in [0.4, 0.5) is 0 Å². The molecule has 0 spiro atoms. The van der Waals surface area contributed by atoms with E-state index in [1.165, 1.54) is 12.2 Å².